The van der Waals surface area contributed by atoms with E-state index in [9.17, 15) is 0 Å². The lowest BCUT2D eigenvalue weighted by atomic mass is 9.99. The van der Waals surface area contributed by atoms with Crippen molar-refractivity contribution in [3.05, 3.63) is 62.0 Å². The minimum atomic E-state index is -0.188. The van der Waals surface area contributed by atoms with Crippen LogP contribution in [0.1, 0.15) is 17.2 Å². The maximum Gasteiger partial charge on any atom is 0.133 e. The Morgan fingerprint density at radius 2 is 1.75 bits per heavy atom. The van der Waals surface area contributed by atoms with Crippen molar-refractivity contribution in [2.75, 3.05) is 7.11 Å². The zero-order valence-corrected chi connectivity index (χ0v) is 13.8. The number of benzene rings is 2. The fraction of sp³-hybridized carbons (Fsp3) is 0.143. The largest absolute Gasteiger partial charge is 0.496 e. The van der Waals surface area contributed by atoms with Crippen LogP contribution in [0, 0.1) is 0 Å². The van der Waals surface area contributed by atoms with Gasteiger partial charge >= 0.3 is 0 Å². The minimum absolute atomic E-state index is 0.188. The van der Waals surface area contributed by atoms with Gasteiger partial charge in [-0.1, -0.05) is 35.3 Å². The monoisotopic (exact) mass is 374 g/mol. The molecule has 0 spiro atoms. The Hall–Kier alpha value is -0.780. The number of halogens is 3. The summed E-state index contributed by atoms with van der Waals surface area (Å²) in [6, 6.07) is 11.0. The van der Waals surface area contributed by atoms with Gasteiger partial charge in [0.2, 0.25) is 0 Å². The van der Waals surface area contributed by atoms with Crippen molar-refractivity contribution in [2.45, 2.75) is 6.04 Å². The molecule has 0 saturated heterocycles. The van der Waals surface area contributed by atoms with Crippen LogP contribution < -0.4 is 16.0 Å². The molecule has 1 atom stereocenters. The lowest BCUT2D eigenvalue weighted by Gasteiger charge is -2.18. The van der Waals surface area contributed by atoms with E-state index >= 15 is 0 Å². The van der Waals surface area contributed by atoms with Crippen molar-refractivity contribution < 1.29 is 4.74 Å². The molecule has 2 aromatic carbocycles. The molecule has 0 saturated carbocycles. The second-order valence-electron chi connectivity index (χ2n) is 4.17. The highest BCUT2D eigenvalue weighted by Gasteiger charge is 2.15. The average molecular weight is 376 g/mol. The highest BCUT2D eigenvalue weighted by molar-refractivity contribution is 9.10. The first-order valence-corrected chi connectivity index (χ1v) is 7.36. The van der Waals surface area contributed by atoms with Crippen LogP contribution in [-0.4, -0.2) is 7.11 Å². The topological polar surface area (TPSA) is 47.3 Å². The number of ether oxygens (including phenoxy) is 1. The summed E-state index contributed by atoms with van der Waals surface area (Å²) in [5.74, 6) is 6.44. The molecule has 20 heavy (non-hydrogen) atoms. The van der Waals surface area contributed by atoms with Crippen LogP contribution in [0.5, 0.6) is 5.75 Å². The second-order valence-corrected chi connectivity index (χ2v) is 5.84. The third-order valence-corrected chi connectivity index (χ3v) is 4.31. The standard InChI is InChI=1S/C14H13BrCl2N2O/c1-20-13-5-3-8(6-10(13)15)14(19-18)9-2-4-11(16)12(17)7-9/h2-7,14,19H,18H2,1H3. The van der Waals surface area contributed by atoms with E-state index in [0.717, 1.165) is 21.3 Å². The Balaban J connectivity index is 2.41. The van der Waals surface area contributed by atoms with Crippen LogP contribution in [0.2, 0.25) is 10.0 Å². The van der Waals surface area contributed by atoms with Crippen molar-refractivity contribution >= 4 is 39.1 Å². The average Bonchev–Trinajstić information content (AvgIpc) is 2.44. The van der Waals surface area contributed by atoms with Gasteiger partial charge in [-0.15, -0.1) is 0 Å². The van der Waals surface area contributed by atoms with Crippen LogP contribution in [-0.2, 0) is 0 Å². The Kier molecular flexibility index (Phi) is 5.29. The fourth-order valence-corrected chi connectivity index (χ4v) is 2.80. The molecule has 1 unspecified atom stereocenters. The van der Waals surface area contributed by atoms with E-state index in [2.05, 4.69) is 21.4 Å². The lowest BCUT2D eigenvalue weighted by Crippen LogP contribution is -2.28. The summed E-state index contributed by atoms with van der Waals surface area (Å²) < 4.78 is 6.08. The van der Waals surface area contributed by atoms with Crippen LogP contribution in [0.25, 0.3) is 0 Å². The molecule has 106 valence electrons. The maximum atomic E-state index is 6.05. The normalized spacial score (nSPS) is 12.2. The van der Waals surface area contributed by atoms with Gasteiger partial charge in [-0.25, -0.2) is 5.43 Å². The highest BCUT2D eigenvalue weighted by atomic mass is 79.9. The Morgan fingerprint density at radius 1 is 1.10 bits per heavy atom. The van der Waals surface area contributed by atoms with E-state index in [1.807, 2.05) is 24.3 Å². The van der Waals surface area contributed by atoms with Gasteiger partial charge in [0.25, 0.3) is 0 Å². The van der Waals surface area contributed by atoms with Gasteiger partial charge in [-0.05, 0) is 51.3 Å². The first kappa shape index (κ1) is 15.6. The van der Waals surface area contributed by atoms with Crippen molar-refractivity contribution in [3.63, 3.8) is 0 Å². The minimum Gasteiger partial charge on any atom is -0.496 e. The summed E-state index contributed by atoms with van der Waals surface area (Å²) in [6.07, 6.45) is 0. The molecule has 0 aromatic heterocycles. The summed E-state index contributed by atoms with van der Waals surface area (Å²) in [7, 11) is 1.62. The smallest absolute Gasteiger partial charge is 0.133 e. The lowest BCUT2D eigenvalue weighted by molar-refractivity contribution is 0.411. The summed E-state index contributed by atoms with van der Waals surface area (Å²) in [5, 5.41) is 1.01. The van der Waals surface area contributed by atoms with Gasteiger partial charge in [0, 0.05) is 0 Å². The molecule has 3 nitrogen and oxygen atoms in total. The van der Waals surface area contributed by atoms with E-state index in [1.165, 1.54) is 0 Å². The van der Waals surface area contributed by atoms with Crippen molar-refractivity contribution in [1.29, 1.82) is 0 Å². The van der Waals surface area contributed by atoms with Gasteiger partial charge in [0.05, 0.1) is 27.7 Å². The van der Waals surface area contributed by atoms with E-state index in [-0.39, 0.29) is 6.04 Å². The number of rotatable bonds is 4. The SMILES string of the molecule is COc1ccc(C(NN)c2ccc(Cl)c(Cl)c2)cc1Br. The van der Waals surface area contributed by atoms with Gasteiger partial charge in [-0.2, -0.15) is 0 Å². The van der Waals surface area contributed by atoms with E-state index < -0.39 is 0 Å². The maximum absolute atomic E-state index is 6.05. The fourth-order valence-electron chi connectivity index (χ4n) is 1.94. The molecule has 6 heteroatoms. The Morgan fingerprint density at radius 3 is 2.30 bits per heavy atom. The molecule has 0 radical (unpaired) electrons. The third kappa shape index (κ3) is 3.27. The van der Waals surface area contributed by atoms with Crippen molar-refractivity contribution in [2.24, 2.45) is 5.84 Å². The third-order valence-electron chi connectivity index (χ3n) is 2.95. The Labute approximate surface area is 136 Å². The van der Waals surface area contributed by atoms with Crippen molar-refractivity contribution in [3.8, 4) is 5.75 Å². The molecule has 3 N–H and O–H groups in total. The molecule has 0 aliphatic heterocycles. The summed E-state index contributed by atoms with van der Waals surface area (Å²) in [5.41, 5.74) is 4.70. The van der Waals surface area contributed by atoms with E-state index in [0.29, 0.717) is 10.0 Å². The zero-order chi connectivity index (χ0) is 14.7. The summed E-state index contributed by atoms with van der Waals surface area (Å²) in [4.78, 5) is 0. The quantitative estimate of drug-likeness (QED) is 0.618. The Bertz CT molecular complexity index is 622. The number of nitrogens with two attached hydrogens (primary N) is 1. The zero-order valence-electron chi connectivity index (χ0n) is 10.7. The predicted octanol–water partition coefficient (Wildman–Crippen LogP) is 4.32. The molecule has 0 aliphatic rings. The van der Waals surface area contributed by atoms with Gasteiger partial charge < -0.3 is 4.74 Å². The molecule has 0 heterocycles. The first-order chi connectivity index (χ1) is 9.56. The van der Waals surface area contributed by atoms with Crippen LogP contribution in [0.15, 0.2) is 40.9 Å². The molecule has 2 rings (SSSR count). The van der Waals surface area contributed by atoms with Gasteiger partial charge in [-0.3, -0.25) is 5.84 Å². The van der Waals surface area contributed by atoms with Crippen molar-refractivity contribution in [1.82, 2.24) is 5.43 Å². The van der Waals surface area contributed by atoms with Gasteiger partial charge in [0.1, 0.15) is 5.75 Å². The predicted molar refractivity (Wildman–Crippen MR) is 86.3 cm³/mol. The summed E-state index contributed by atoms with van der Waals surface area (Å²) >= 11 is 15.4. The number of hydrogen-bond acceptors (Lipinski definition) is 3. The molecule has 0 fully saturated rings. The van der Waals surface area contributed by atoms with Crippen LogP contribution in [0.3, 0.4) is 0 Å². The highest BCUT2D eigenvalue weighted by Crippen LogP contribution is 2.32. The molecule has 0 aliphatic carbocycles. The first-order valence-electron chi connectivity index (χ1n) is 5.81. The number of hydrogen-bond donors (Lipinski definition) is 2. The number of hydrazine groups is 1. The molecule has 0 amide bonds. The molecular weight excluding hydrogens is 363 g/mol. The summed E-state index contributed by atoms with van der Waals surface area (Å²) in [6.45, 7) is 0. The van der Waals surface area contributed by atoms with E-state index in [4.69, 9.17) is 33.8 Å². The number of nitrogens with one attached hydrogen (secondary N) is 1. The van der Waals surface area contributed by atoms with Crippen LogP contribution >= 0.6 is 39.1 Å². The number of methoxy groups -OCH3 is 1. The van der Waals surface area contributed by atoms with E-state index in [1.54, 1.807) is 19.2 Å². The molecule has 2 aromatic rings. The van der Waals surface area contributed by atoms with Crippen LogP contribution in [0.4, 0.5) is 0 Å². The second kappa shape index (κ2) is 6.78. The molecular formula is C14H13BrCl2N2O. The molecule has 0 bridgehead atoms. The van der Waals surface area contributed by atoms with Gasteiger partial charge in [0.15, 0.2) is 0 Å².